The minimum atomic E-state index is -0.655. The number of aliphatic carboxylic acids is 1. The summed E-state index contributed by atoms with van der Waals surface area (Å²) in [6, 6.07) is 0. The molecular formula is C52H96O4. The molecule has 1 N–H and O–H groups in total. The van der Waals surface area contributed by atoms with E-state index in [1.165, 1.54) is 170 Å². The highest BCUT2D eigenvalue weighted by Crippen LogP contribution is 2.16. The van der Waals surface area contributed by atoms with Crippen LogP contribution < -0.4 is 0 Å². The van der Waals surface area contributed by atoms with Crippen LogP contribution in [-0.4, -0.2) is 23.7 Å². The van der Waals surface area contributed by atoms with Crippen LogP contribution in [0.4, 0.5) is 0 Å². The Morgan fingerprint density at radius 1 is 0.393 bits per heavy atom. The summed E-state index contributed by atoms with van der Waals surface area (Å²) in [5.74, 6) is -0.699. The monoisotopic (exact) mass is 785 g/mol. The van der Waals surface area contributed by atoms with Crippen LogP contribution in [0.3, 0.4) is 0 Å². The molecule has 0 aromatic heterocycles. The Balaban J connectivity index is 0. The Morgan fingerprint density at radius 2 is 0.696 bits per heavy atom. The van der Waals surface area contributed by atoms with E-state index in [0.717, 1.165) is 57.8 Å². The van der Waals surface area contributed by atoms with Gasteiger partial charge in [0.2, 0.25) is 0 Å². The number of ether oxygens (including phenoxy) is 1. The highest BCUT2D eigenvalue weighted by atomic mass is 16.5. The van der Waals surface area contributed by atoms with Gasteiger partial charge in [0.05, 0.1) is 0 Å². The summed E-state index contributed by atoms with van der Waals surface area (Å²) >= 11 is 0. The number of allylic oxidation sites excluding steroid dienone is 7. The molecule has 0 aromatic rings. The fraction of sp³-hybridized carbons (Fsp3) is 0.808. The molecule has 0 rings (SSSR count). The van der Waals surface area contributed by atoms with Gasteiger partial charge >= 0.3 is 11.9 Å². The Kier molecular flexibility index (Phi) is 45.6. The normalized spacial score (nSPS) is 12.0. The predicted molar refractivity (Wildman–Crippen MR) is 248 cm³/mol. The van der Waals surface area contributed by atoms with Crippen molar-refractivity contribution in [2.45, 2.75) is 267 Å². The van der Waals surface area contributed by atoms with Crippen molar-refractivity contribution in [3.8, 4) is 0 Å². The number of carboxylic acids is 1. The second-order valence-electron chi connectivity index (χ2n) is 17.1. The zero-order valence-electron chi connectivity index (χ0n) is 38.7. The van der Waals surface area contributed by atoms with E-state index in [1.807, 2.05) is 0 Å². The molecular weight excluding hydrogens is 689 g/mol. The number of hydrogen-bond donors (Lipinski definition) is 1. The molecule has 0 spiro atoms. The first-order valence-corrected chi connectivity index (χ1v) is 24.1. The predicted octanol–water partition coefficient (Wildman–Crippen LogP) is 17.7. The summed E-state index contributed by atoms with van der Waals surface area (Å²) in [6.45, 7) is 15.9. The average Bonchev–Trinajstić information content (AvgIpc) is 3.15. The van der Waals surface area contributed by atoms with Crippen LogP contribution >= 0.6 is 0 Å². The van der Waals surface area contributed by atoms with Crippen molar-refractivity contribution in [1.29, 1.82) is 0 Å². The van der Waals surface area contributed by atoms with E-state index in [4.69, 9.17) is 9.84 Å². The smallest absolute Gasteiger partial charge is 0.306 e. The maximum atomic E-state index is 12.0. The van der Waals surface area contributed by atoms with Crippen molar-refractivity contribution in [2.75, 3.05) is 6.61 Å². The van der Waals surface area contributed by atoms with Crippen molar-refractivity contribution in [3.63, 3.8) is 0 Å². The largest absolute Gasteiger partial charge is 0.481 e. The van der Waals surface area contributed by atoms with E-state index in [2.05, 4.69) is 72.8 Å². The molecule has 0 radical (unpaired) electrons. The molecule has 0 fully saturated rings. The zero-order valence-corrected chi connectivity index (χ0v) is 38.7. The van der Waals surface area contributed by atoms with Crippen molar-refractivity contribution in [2.24, 2.45) is 0 Å². The number of rotatable bonds is 39. The molecule has 328 valence electrons. The third-order valence-corrected chi connectivity index (χ3v) is 10.8. The molecule has 0 aromatic carbocycles. The van der Waals surface area contributed by atoms with E-state index >= 15 is 0 Å². The molecule has 0 bridgehead atoms. The van der Waals surface area contributed by atoms with Gasteiger partial charge in [-0.05, 0) is 92.1 Å². The van der Waals surface area contributed by atoms with E-state index < -0.39 is 5.97 Å². The number of esters is 1. The summed E-state index contributed by atoms with van der Waals surface area (Å²) < 4.78 is 5.42. The van der Waals surface area contributed by atoms with Gasteiger partial charge in [-0.15, -0.1) is 0 Å². The number of carbonyl (C=O) groups excluding carboxylic acids is 1. The zero-order chi connectivity index (χ0) is 41.7. The molecule has 0 aliphatic carbocycles. The molecule has 0 amide bonds. The van der Waals surface area contributed by atoms with Crippen molar-refractivity contribution < 1.29 is 19.4 Å². The molecule has 0 heterocycles. The Labute approximate surface area is 350 Å². The standard InChI is InChI=1S/C36H64O2.C16H32O2/c1-7-8-9-10-11-12-13-14-15-16-17-18-19-29-36(37)38-31-30-35(6)28-22-27-34(5)26-21-25-33(4)24-20-23-32(2)3;1-2-3-4-5-6-7-8-9-10-11-12-13-14-15-16(17)18/h23,25,27,30H,7-22,24,26,28-29,31H2,1-6H3;2-15H2,1H3,(H,17,18)/b33-25+,34-27+,35-30-;. The second-order valence-corrected chi connectivity index (χ2v) is 17.1. The van der Waals surface area contributed by atoms with Crippen LogP contribution in [0.1, 0.15) is 267 Å². The summed E-state index contributed by atoms with van der Waals surface area (Å²) in [4.78, 5) is 22.3. The minimum absolute atomic E-state index is 0.0444. The summed E-state index contributed by atoms with van der Waals surface area (Å²) in [7, 11) is 0. The van der Waals surface area contributed by atoms with E-state index in [1.54, 1.807) is 0 Å². The minimum Gasteiger partial charge on any atom is -0.481 e. The lowest BCUT2D eigenvalue weighted by molar-refractivity contribution is -0.142. The van der Waals surface area contributed by atoms with Crippen LogP contribution in [0.15, 0.2) is 46.6 Å². The molecule has 0 atom stereocenters. The summed E-state index contributed by atoms with van der Waals surface area (Å²) in [5, 5.41) is 8.49. The molecule has 0 aliphatic heterocycles. The first-order valence-electron chi connectivity index (χ1n) is 24.1. The highest BCUT2D eigenvalue weighted by Gasteiger charge is 2.02. The van der Waals surface area contributed by atoms with Crippen molar-refractivity contribution in [1.82, 2.24) is 0 Å². The third kappa shape index (κ3) is 49.9. The van der Waals surface area contributed by atoms with Gasteiger partial charge in [-0.1, -0.05) is 208 Å². The number of unbranched alkanes of at least 4 members (excludes halogenated alkanes) is 24. The quantitative estimate of drug-likeness (QED) is 0.0383. The van der Waals surface area contributed by atoms with Crippen LogP contribution in [0, 0.1) is 0 Å². The SMILES string of the molecule is CCCCCCCCCCCCCCCC(=O)O.CCCCCCCCCCCCCCCC(=O)OC/C=C(/C)CC/C=C(\C)CC/C=C(\C)CCC=C(C)C. The van der Waals surface area contributed by atoms with Crippen molar-refractivity contribution in [3.05, 3.63) is 46.6 Å². The average molecular weight is 785 g/mol. The van der Waals surface area contributed by atoms with Gasteiger partial charge in [0.1, 0.15) is 6.61 Å². The van der Waals surface area contributed by atoms with Gasteiger partial charge in [0, 0.05) is 12.8 Å². The van der Waals surface area contributed by atoms with Gasteiger partial charge in [-0.2, -0.15) is 0 Å². The first kappa shape index (κ1) is 56.0. The Morgan fingerprint density at radius 3 is 1.04 bits per heavy atom. The lowest BCUT2D eigenvalue weighted by Gasteiger charge is -2.05. The van der Waals surface area contributed by atoms with Gasteiger partial charge in [-0.3, -0.25) is 9.59 Å². The second kappa shape index (κ2) is 45.6. The third-order valence-electron chi connectivity index (χ3n) is 10.8. The maximum Gasteiger partial charge on any atom is 0.306 e. The van der Waals surface area contributed by atoms with Crippen LogP contribution in [0.2, 0.25) is 0 Å². The summed E-state index contributed by atoms with van der Waals surface area (Å²) in [6.07, 6.45) is 50.9. The lowest BCUT2D eigenvalue weighted by Crippen LogP contribution is -2.04. The highest BCUT2D eigenvalue weighted by molar-refractivity contribution is 5.69. The maximum absolute atomic E-state index is 12.0. The van der Waals surface area contributed by atoms with Gasteiger partial charge < -0.3 is 9.84 Å². The van der Waals surface area contributed by atoms with Gasteiger partial charge in [0.25, 0.3) is 0 Å². The van der Waals surface area contributed by atoms with E-state index in [0.29, 0.717) is 19.4 Å². The number of carbonyl (C=O) groups is 2. The van der Waals surface area contributed by atoms with E-state index in [9.17, 15) is 9.59 Å². The van der Waals surface area contributed by atoms with Crippen LogP contribution in [0.5, 0.6) is 0 Å². The van der Waals surface area contributed by atoms with Crippen molar-refractivity contribution >= 4 is 11.9 Å². The molecule has 4 heteroatoms. The topological polar surface area (TPSA) is 63.6 Å². The molecule has 4 nitrogen and oxygen atoms in total. The molecule has 0 saturated heterocycles. The molecule has 0 unspecified atom stereocenters. The number of carboxylic acid groups (broad SMARTS) is 1. The lowest BCUT2D eigenvalue weighted by atomic mass is 10.0. The van der Waals surface area contributed by atoms with Gasteiger partial charge in [0.15, 0.2) is 0 Å². The number of hydrogen-bond acceptors (Lipinski definition) is 3. The van der Waals surface area contributed by atoms with Crippen LogP contribution in [-0.2, 0) is 14.3 Å². The Hall–Kier alpha value is -2.10. The molecule has 56 heavy (non-hydrogen) atoms. The van der Waals surface area contributed by atoms with E-state index in [-0.39, 0.29) is 5.97 Å². The first-order chi connectivity index (χ1) is 27.1. The molecule has 0 saturated carbocycles. The Bertz CT molecular complexity index is 996. The summed E-state index contributed by atoms with van der Waals surface area (Å²) in [5.41, 5.74) is 5.68. The fourth-order valence-corrected chi connectivity index (χ4v) is 6.92. The molecule has 0 aliphatic rings. The van der Waals surface area contributed by atoms with Gasteiger partial charge in [-0.25, -0.2) is 0 Å². The van der Waals surface area contributed by atoms with Crippen LogP contribution in [0.25, 0.3) is 0 Å². The fourth-order valence-electron chi connectivity index (χ4n) is 6.92.